The Balaban J connectivity index is 1.68. The van der Waals surface area contributed by atoms with Crippen molar-refractivity contribution in [3.63, 3.8) is 0 Å². The van der Waals surface area contributed by atoms with E-state index in [1.807, 2.05) is 13.1 Å². The fourth-order valence-electron chi connectivity index (χ4n) is 2.89. The van der Waals surface area contributed by atoms with Crippen LogP contribution in [0, 0.1) is 12.7 Å². The van der Waals surface area contributed by atoms with Gasteiger partial charge in [0, 0.05) is 28.2 Å². The van der Waals surface area contributed by atoms with E-state index < -0.39 is 11.9 Å². The monoisotopic (exact) mass is 429 g/mol. The molecule has 4 aromatic rings. The second kappa shape index (κ2) is 7.76. The van der Waals surface area contributed by atoms with Crippen molar-refractivity contribution >= 4 is 44.5 Å². The first-order valence-corrected chi connectivity index (χ1v) is 10.5. The van der Waals surface area contributed by atoms with Crippen LogP contribution in [0.4, 0.5) is 9.39 Å². The number of rotatable bonds is 5. The maximum Gasteiger partial charge on any atom is 0.341 e. The van der Waals surface area contributed by atoms with Gasteiger partial charge in [-0.3, -0.25) is 9.20 Å². The minimum absolute atomic E-state index is 0.196. The number of aryl methyl sites for hydroxylation is 1. The molecule has 0 saturated carbocycles. The number of carbonyl (C=O) groups excluding carboxylic acids is 2. The summed E-state index contributed by atoms with van der Waals surface area (Å²) in [5.41, 5.74) is 1.73. The number of halogens is 1. The third-order valence-electron chi connectivity index (χ3n) is 4.16. The molecule has 0 radical (unpaired) electrons. The van der Waals surface area contributed by atoms with Crippen LogP contribution in [-0.2, 0) is 4.74 Å². The average Bonchev–Trinajstić information content (AvgIpc) is 3.35. The number of amides is 1. The minimum Gasteiger partial charge on any atom is -0.462 e. The fraction of sp³-hybridized carbons (Fsp3) is 0.150. The normalized spacial score (nSPS) is 11.0. The summed E-state index contributed by atoms with van der Waals surface area (Å²) >= 11 is 2.69. The average molecular weight is 429 g/mol. The molecule has 0 fully saturated rings. The van der Waals surface area contributed by atoms with Gasteiger partial charge in [-0.25, -0.2) is 14.2 Å². The zero-order chi connectivity index (χ0) is 20.5. The Hall–Kier alpha value is -3.04. The van der Waals surface area contributed by atoms with Crippen LogP contribution in [0.2, 0.25) is 0 Å². The van der Waals surface area contributed by atoms with E-state index >= 15 is 0 Å². The van der Waals surface area contributed by atoms with Crippen molar-refractivity contribution in [3.05, 3.63) is 64.0 Å². The van der Waals surface area contributed by atoms with Gasteiger partial charge in [-0.2, -0.15) is 0 Å². The van der Waals surface area contributed by atoms with Gasteiger partial charge >= 0.3 is 5.97 Å². The molecule has 0 aliphatic heterocycles. The third kappa shape index (κ3) is 3.79. The number of imidazole rings is 1. The summed E-state index contributed by atoms with van der Waals surface area (Å²) < 4.78 is 20.2. The van der Waals surface area contributed by atoms with E-state index in [9.17, 15) is 14.0 Å². The molecule has 29 heavy (non-hydrogen) atoms. The molecule has 148 valence electrons. The van der Waals surface area contributed by atoms with Gasteiger partial charge in [-0.1, -0.05) is 12.1 Å². The SMILES string of the molecule is CCOC(=O)c1c(-c2ccc(F)cc2)csc1NC(=O)c1cn2cc(C)sc2n1. The molecule has 0 saturated heterocycles. The molecular formula is C20H16FN3O3S2. The lowest BCUT2D eigenvalue weighted by molar-refractivity contribution is 0.0529. The van der Waals surface area contributed by atoms with Gasteiger partial charge in [0.1, 0.15) is 22.1 Å². The number of anilines is 1. The number of fused-ring (bicyclic) bond motifs is 1. The molecule has 1 amide bonds. The van der Waals surface area contributed by atoms with Gasteiger partial charge in [0.15, 0.2) is 4.96 Å². The summed E-state index contributed by atoms with van der Waals surface area (Å²) in [7, 11) is 0. The zero-order valence-corrected chi connectivity index (χ0v) is 17.2. The lowest BCUT2D eigenvalue weighted by Crippen LogP contribution is -2.15. The van der Waals surface area contributed by atoms with Crippen molar-refractivity contribution in [3.8, 4) is 11.1 Å². The lowest BCUT2D eigenvalue weighted by atomic mass is 10.0. The quantitative estimate of drug-likeness (QED) is 0.453. The molecule has 6 nitrogen and oxygen atoms in total. The number of thiazole rings is 1. The molecule has 1 N–H and O–H groups in total. The maximum absolute atomic E-state index is 13.3. The number of nitrogens with zero attached hydrogens (tertiary/aromatic N) is 2. The van der Waals surface area contributed by atoms with Crippen LogP contribution in [-0.4, -0.2) is 27.9 Å². The van der Waals surface area contributed by atoms with Gasteiger partial charge in [0.25, 0.3) is 5.91 Å². The van der Waals surface area contributed by atoms with Crippen LogP contribution < -0.4 is 5.32 Å². The Labute approximate surface area is 173 Å². The number of hydrogen-bond acceptors (Lipinski definition) is 6. The van der Waals surface area contributed by atoms with Crippen molar-refractivity contribution in [2.24, 2.45) is 0 Å². The second-order valence-electron chi connectivity index (χ2n) is 6.19. The summed E-state index contributed by atoms with van der Waals surface area (Å²) in [6.45, 7) is 3.87. The summed E-state index contributed by atoms with van der Waals surface area (Å²) in [6, 6.07) is 5.80. The first-order chi connectivity index (χ1) is 14.0. The highest BCUT2D eigenvalue weighted by atomic mass is 32.1. The van der Waals surface area contributed by atoms with Crippen LogP contribution in [0.15, 0.2) is 42.0 Å². The highest BCUT2D eigenvalue weighted by Crippen LogP contribution is 2.36. The number of nitrogens with one attached hydrogen (secondary N) is 1. The van der Waals surface area contributed by atoms with Gasteiger partial charge < -0.3 is 10.1 Å². The predicted molar refractivity (Wildman–Crippen MR) is 111 cm³/mol. The molecular weight excluding hydrogens is 413 g/mol. The Morgan fingerprint density at radius 1 is 1.24 bits per heavy atom. The molecule has 3 heterocycles. The zero-order valence-electron chi connectivity index (χ0n) is 15.6. The van der Waals surface area contributed by atoms with Crippen molar-refractivity contribution in [1.82, 2.24) is 9.38 Å². The molecule has 1 aromatic carbocycles. The summed E-state index contributed by atoms with van der Waals surface area (Å²) in [6.07, 6.45) is 3.54. The van der Waals surface area contributed by atoms with Gasteiger partial charge in [-0.05, 0) is 31.5 Å². The molecule has 0 unspecified atom stereocenters. The van der Waals surface area contributed by atoms with E-state index in [1.165, 1.54) is 34.8 Å². The van der Waals surface area contributed by atoms with Crippen LogP contribution >= 0.6 is 22.7 Å². The minimum atomic E-state index is -0.551. The number of aromatic nitrogens is 2. The molecule has 4 rings (SSSR count). The Bertz CT molecular complexity index is 1180. The van der Waals surface area contributed by atoms with E-state index in [2.05, 4.69) is 10.3 Å². The number of hydrogen-bond donors (Lipinski definition) is 1. The molecule has 3 aromatic heterocycles. The van der Waals surface area contributed by atoms with E-state index in [4.69, 9.17) is 4.74 Å². The first kappa shape index (κ1) is 19.3. The molecule has 9 heteroatoms. The van der Waals surface area contributed by atoms with Gasteiger partial charge in [0.05, 0.1) is 6.61 Å². The predicted octanol–water partition coefficient (Wildman–Crippen LogP) is 5.00. The van der Waals surface area contributed by atoms with E-state index in [0.717, 1.165) is 9.84 Å². The van der Waals surface area contributed by atoms with E-state index in [-0.39, 0.29) is 23.7 Å². The van der Waals surface area contributed by atoms with E-state index in [1.54, 1.807) is 35.0 Å². The number of benzene rings is 1. The second-order valence-corrected chi connectivity index (χ2v) is 8.29. The van der Waals surface area contributed by atoms with Crippen LogP contribution in [0.1, 0.15) is 32.6 Å². The van der Waals surface area contributed by atoms with Crippen LogP contribution in [0.25, 0.3) is 16.1 Å². The standard InChI is InChI=1S/C20H16FN3O3S2/c1-3-27-19(26)16-14(12-4-6-13(21)7-5-12)10-28-18(16)23-17(25)15-9-24-8-11(2)29-20(24)22-15/h4-10H,3H2,1-2H3,(H,23,25). The van der Waals surface area contributed by atoms with Crippen molar-refractivity contribution in [2.75, 3.05) is 11.9 Å². The first-order valence-electron chi connectivity index (χ1n) is 8.77. The van der Waals surface area contributed by atoms with Gasteiger partial charge in [-0.15, -0.1) is 22.7 Å². The van der Waals surface area contributed by atoms with Crippen LogP contribution in [0.3, 0.4) is 0 Å². The number of esters is 1. The summed E-state index contributed by atoms with van der Waals surface area (Å²) in [5, 5.41) is 4.87. The maximum atomic E-state index is 13.3. The fourth-order valence-corrected chi connectivity index (χ4v) is 4.65. The Morgan fingerprint density at radius 2 is 2.00 bits per heavy atom. The number of thiophene rings is 1. The third-order valence-corrected chi connectivity index (χ3v) is 5.96. The Morgan fingerprint density at radius 3 is 2.69 bits per heavy atom. The summed E-state index contributed by atoms with van der Waals surface area (Å²) in [4.78, 5) is 31.4. The van der Waals surface area contributed by atoms with Crippen LogP contribution in [0.5, 0.6) is 0 Å². The van der Waals surface area contributed by atoms with E-state index in [0.29, 0.717) is 16.1 Å². The van der Waals surface area contributed by atoms with Gasteiger partial charge in [0.2, 0.25) is 0 Å². The number of carbonyl (C=O) groups is 2. The topological polar surface area (TPSA) is 72.7 Å². The van der Waals surface area contributed by atoms with Crippen molar-refractivity contribution in [2.45, 2.75) is 13.8 Å². The van der Waals surface area contributed by atoms with Crippen molar-refractivity contribution in [1.29, 1.82) is 0 Å². The molecule has 0 atom stereocenters. The summed E-state index contributed by atoms with van der Waals surface area (Å²) in [5.74, 6) is -1.34. The number of ether oxygens (including phenoxy) is 1. The molecule has 0 spiro atoms. The molecule has 0 aliphatic rings. The molecule has 0 aliphatic carbocycles. The highest BCUT2D eigenvalue weighted by Gasteiger charge is 2.24. The van der Waals surface area contributed by atoms with Crippen molar-refractivity contribution < 1.29 is 18.7 Å². The smallest absolute Gasteiger partial charge is 0.341 e. The lowest BCUT2D eigenvalue weighted by Gasteiger charge is -2.08. The highest BCUT2D eigenvalue weighted by molar-refractivity contribution is 7.17. The Kier molecular flexibility index (Phi) is 5.16. The molecule has 0 bridgehead atoms. The largest absolute Gasteiger partial charge is 0.462 e.